The SMILES string of the molecule is C[C@H]1CN(C(=O)OC(C)(C)C)CCN1c1ncnc2c1c(N(C=O)C=O)cn2-c1cccc(Cl)c1. The molecule has 0 unspecified atom stereocenters. The van der Waals surface area contributed by atoms with Gasteiger partial charge < -0.3 is 14.5 Å². The topological polar surface area (TPSA) is 101 Å². The van der Waals surface area contributed by atoms with Crippen LogP contribution in [0.25, 0.3) is 16.7 Å². The third-order valence-electron chi connectivity index (χ3n) is 5.69. The van der Waals surface area contributed by atoms with Gasteiger partial charge >= 0.3 is 6.09 Å². The molecule has 11 heteroatoms. The number of imide groups is 1. The molecule has 1 atom stereocenters. The first-order valence-corrected chi connectivity index (χ1v) is 11.6. The average molecular weight is 499 g/mol. The summed E-state index contributed by atoms with van der Waals surface area (Å²) >= 11 is 6.20. The van der Waals surface area contributed by atoms with E-state index in [9.17, 15) is 14.4 Å². The fourth-order valence-electron chi connectivity index (χ4n) is 4.17. The van der Waals surface area contributed by atoms with E-state index in [1.165, 1.54) is 6.33 Å². The van der Waals surface area contributed by atoms with E-state index in [-0.39, 0.29) is 12.1 Å². The van der Waals surface area contributed by atoms with Gasteiger partial charge in [-0.2, -0.15) is 0 Å². The Morgan fingerprint density at radius 1 is 1.20 bits per heavy atom. The van der Waals surface area contributed by atoms with Crippen molar-refractivity contribution in [1.29, 1.82) is 0 Å². The lowest BCUT2D eigenvalue weighted by atomic mass is 10.1. The zero-order valence-corrected chi connectivity index (χ0v) is 20.8. The minimum absolute atomic E-state index is 0.113. The summed E-state index contributed by atoms with van der Waals surface area (Å²) in [6.07, 6.45) is 3.65. The number of ether oxygens (including phenoxy) is 1. The number of fused-ring (bicyclic) bond motifs is 1. The number of amides is 3. The van der Waals surface area contributed by atoms with Gasteiger partial charge in [0.2, 0.25) is 12.8 Å². The molecule has 3 heterocycles. The van der Waals surface area contributed by atoms with Crippen LogP contribution in [0.1, 0.15) is 27.7 Å². The average Bonchev–Trinajstić information content (AvgIpc) is 3.19. The first-order chi connectivity index (χ1) is 16.6. The quantitative estimate of drug-likeness (QED) is 0.495. The monoisotopic (exact) mass is 498 g/mol. The number of benzene rings is 1. The summed E-state index contributed by atoms with van der Waals surface area (Å²) in [5.74, 6) is 0.566. The molecule has 0 saturated carbocycles. The summed E-state index contributed by atoms with van der Waals surface area (Å²) in [4.78, 5) is 49.7. The molecule has 1 saturated heterocycles. The number of piperazine rings is 1. The van der Waals surface area contributed by atoms with Crippen molar-refractivity contribution in [2.75, 3.05) is 29.4 Å². The highest BCUT2D eigenvalue weighted by atomic mass is 35.5. The zero-order valence-electron chi connectivity index (χ0n) is 20.0. The van der Waals surface area contributed by atoms with Crippen LogP contribution in [0.15, 0.2) is 36.8 Å². The first kappa shape index (κ1) is 24.5. The Bertz CT molecular complexity index is 1260. The molecule has 1 aliphatic heterocycles. The summed E-state index contributed by atoms with van der Waals surface area (Å²) in [5.41, 5.74) is 1.00. The fourth-order valence-corrected chi connectivity index (χ4v) is 4.35. The van der Waals surface area contributed by atoms with E-state index in [0.717, 1.165) is 10.6 Å². The number of hydrogen-bond acceptors (Lipinski definition) is 7. The Balaban J connectivity index is 1.77. The van der Waals surface area contributed by atoms with Crippen LogP contribution < -0.4 is 9.80 Å². The Morgan fingerprint density at radius 2 is 1.94 bits per heavy atom. The van der Waals surface area contributed by atoms with Crippen molar-refractivity contribution >= 4 is 53.1 Å². The van der Waals surface area contributed by atoms with Crippen LogP contribution in [0.3, 0.4) is 0 Å². The Kier molecular flexibility index (Phi) is 6.66. The van der Waals surface area contributed by atoms with Gasteiger partial charge in [-0.1, -0.05) is 17.7 Å². The molecule has 0 spiro atoms. The molecule has 35 heavy (non-hydrogen) atoms. The minimum Gasteiger partial charge on any atom is -0.444 e. The van der Waals surface area contributed by atoms with E-state index in [2.05, 4.69) is 9.97 Å². The van der Waals surface area contributed by atoms with E-state index in [1.54, 1.807) is 33.9 Å². The highest BCUT2D eigenvalue weighted by Gasteiger charge is 2.32. The normalized spacial score (nSPS) is 16.3. The van der Waals surface area contributed by atoms with Crippen molar-refractivity contribution < 1.29 is 19.1 Å². The molecule has 4 rings (SSSR count). The van der Waals surface area contributed by atoms with Gasteiger partial charge in [-0.15, -0.1) is 0 Å². The van der Waals surface area contributed by atoms with E-state index in [0.29, 0.717) is 60.0 Å². The second kappa shape index (κ2) is 9.53. The van der Waals surface area contributed by atoms with E-state index >= 15 is 0 Å². The maximum atomic E-state index is 12.6. The molecule has 1 aromatic carbocycles. The van der Waals surface area contributed by atoms with Gasteiger partial charge in [0, 0.05) is 42.6 Å². The molecule has 0 bridgehead atoms. The van der Waals surface area contributed by atoms with E-state index in [1.807, 2.05) is 38.7 Å². The summed E-state index contributed by atoms with van der Waals surface area (Å²) < 4.78 is 7.29. The van der Waals surface area contributed by atoms with Gasteiger partial charge in [0.25, 0.3) is 0 Å². The smallest absolute Gasteiger partial charge is 0.410 e. The number of carbonyl (C=O) groups is 3. The third-order valence-corrected chi connectivity index (χ3v) is 5.92. The molecule has 2 aromatic heterocycles. The molecule has 10 nitrogen and oxygen atoms in total. The van der Waals surface area contributed by atoms with Gasteiger partial charge in [0.15, 0.2) is 5.65 Å². The second-order valence-corrected chi connectivity index (χ2v) is 9.78. The van der Waals surface area contributed by atoms with Crippen LogP contribution in [0.4, 0.5) is 16.3 Å². The van der Waals surface area contributed by atoms with Crippen LogP contribution in [0, 0.1) is 0 Å². The fraction of sp³-hybridized carbons (Fsp3) is 0.375. The van der Waals surface area contributed by atoms with Gasteiger partial charge in [0.05, 0.1) is 11.1 Å². The van der Waals surface area contributed by atoms with Crippen molar-refractivity contribution in [2.45, 2.75) is 39.3 Å². The maximum absolute atomic E-state index is 12.6. The van der Waals surface area contributed by atoms with Crippen molar-refractivity contribution in [1.82, 2.24) is 19.4 Å². The Hall–Kier alpha value is -3.66. The molecule has 3 aromatic rings. The zero-order chi connectivity index (χ0) is 25.3. The van der Waals surface area contributed by atoms with Gasteiger partial charge in [0.1, 0.15) is 17.7 Å². The predicted octanol–water partition coefficient (Wildman–Crippen LogP) is 3.64. The number of halogens is 1. The minimum atomic E-state index is -0.582. The Morgan fingerprint density at radius 3 is 2.57 bits per heavy atom. The molecule has 1 aliphatic rings. The third kappa shape index (κ3) is 4.93. The lowest BCUT2D eigenvalue weighted by Crippen LogP contribution is -2.54. The first-order valence-electron chi connectivity index (χ1n) is 11.2. The number of hydrogen-bond donors (Lipinski definition) is 0. The number of anilines is 2. The lowest BCUT2D eigenvalue weighted by Gasteiger charge is -2.41. The largest absolute Gasteiger partial charge is 0.444 e. The lowest BCUT2D eigenvalue weighted by molar-refractivity contribution is -0.113. The van der Waals surface area contributed by atoms with Crippen molar-refractivity contribution in [2.24, 2.45) is 0 Å². The maximum Gasteiger partial charge on any atom is 0.410 e. The number of nitrogens with zero attached hydrogens (tertiary/aromatic N) is 6. The molecule has 184 valence electrons. The van der Waals surface area contributed by atoms with Crippen molar-refractivity contribution in [3.05, 3.63) is 41.8 Å². The number of carbonyl (C=O) groups excluding carboxylic acids is 3. The highest BCUT2D eigenvalue weighted by molar-refractivity contribution is 6.30. The Labute approximate surface area is 208 Å². The summed E-state index contributed by atoms with van der Waals surface area (Å²) in [5, 5.41) is 1.08. The number of rotatable bonds is 5. The molecule has 1 fully saturated rings. The van der Waals surface area contributed by atoms with Crippen LogP contribution >= 0.6 is 11.6 Å². The molecule has 0 N–H and O–H groups in total. The van der Waals surface area contributed by atoms with Crippen LogP contribution in [-0.4, -0.2) is 69.6 Å². The van der Waals surface area contributed by atoms with Gasteiger partial charge in [-0.05, 0) is 45.9 Å². The summed E-state index contributed by atoms with van der Waals surface area (Å²) in [7, 11) is 0. The standard InChI is InChI=1S/C24H27ClN6O4/c1-16-11-28(23(34)35-24(2,3)4)8-9-30(16)21-20-19(29(14-32)15-33)12-31(22(20)27-13-26-21)18-7-5-6-17(25)10-18/h5-7,10,12-16H,8-9,11H2,1-4H3/t16-/m0/s1. The molecule has 0 radical (unpaired) electrons. The van der Waals surface area contributed by atoms with E-state index in [4.69, 9.17) is 16.3 Å². The summed E-state index contributed by atoms with van der Waals surface area (Å²) in [6.45, 7) is 8.82. The van der Waals surface area contributed by atoms with Crippen molar-refractivity contribution in [3.8, 4) is 5.69 Å². The van der Waals surface area contributed by atoms with Crippen LogP contribution in [-0.2, 0) is 14.3 Å². The molecule has 0 aliphatic carbocycles. The predicted molar refractivity (Wildman–Crippen MR) is 133 cm³/mol. The molecular weight excluding hydrogens is 472 g/mol. The molecular formula is C24H27ClN6O4. The van der Waals surface area contributed by atoms with Crippen molar-refractivity contribution in [3.63, 3.8) is 0 Å². The second-order valence-electron chi connectivity index (χ2n) is 9.35. The van der Waals surface area contributed by atoms with Crippen LogP contribution in [0.2, 0.25) is 5.02 Å². The highest BCUT2D eigenvalue weighted by Crippen LogP contribution is 2.37. The van der Waals surface area contributed by atoms with Gasteiger partial charge in [-0.25, -0.2) is 14.8 Å². The number of aromatic nitrogens is 3. The van der Waals surface area contributed by atoms with Gasteiger partial charge in [-0.3, -0.25) is 19.1 Å². The van der Waals surface area contributed by atoms with Crippen LogP contribution in [0.5, 0.6) is 0 Å². The van der Waals surface area contributed by atoms with E-state index < -0.39 is 5.60 Å². The summed E-state index contributed by atoms with van der Waals surface area (Å²) in [6, 6.07) is 7.07. The molecule has 3 amide bonds.